The van der Waals surface area contributed by atoms with Crippen LogP contribution in [0.3, 0.4) is 0 Å². The van der Waals surface area contributed by atoms with Gasteiger partial charge >= 0.3 is 1.43 Å². The number of nitrogens with zero attached hydrogens (tertiary/aromatic N) is 2. The Labute approximate surface area is 78.3 Å². The first-order chi connectivity index (χ1) is 6.33. The summed E-state index contributed by atoms with van der Waals surface area (Å²) in [5, 5.41) is 5.33. The molecular weight excluding hydrogens is 160 g/mol. The molecule has 0 aliphatic rings. The molecule has 13 heavy (non-hydrogen) atoms. The lowest BCUT2D eigenvalue weighted by molar-refractivity contribution is 0.944. The Bertz CT molecular complexity index is 471. The molecular formula is C11H11N2+. The van der Waals surface area contributed by atoms with Gasteiger partial charge in [-0.2, -0.15) is 5.10 Å². The maximum atomic E-state index is 4.21. The van der Waals surface area contributed by atoms with Gasteiger partial charge in [0.2, 0.25) is 0 Å². The summed E-state index contributed by atoms with van der Waals surface area (Å²) >= 11 is 0. The molecule has 2 heteroatoms. The van der Waals surface area contributed by atoms with Crippen LogP contribution in [0.15, 0.2) is 49.7 Å². The molecule has 0 aliphatic heterocycles. The summed E-state index contributed by atoms with van der Waals surface area (Å²) in [7, 11) is 0. The van der Waals surface area contributed by atoms with E-state index in [4.69, 9.17) is 0 Å². The summed E-state index contributed by atoms with van der Waals surface area (Å²) in [6.07, 6.45) is 3.52. The van der Waals surface area contributed by atoms with E-state index < -0.39 is 0 Å². The summed E-state index contributed by atoms with van der Waals surface area (Å²) in [5.41, 5.74) is 1.86. The Morgan fingerprint density at radius 2 is 2.23 bits per heavy atom. The van der Waals surface area contributed by atoms with Crippen LogP contribution >= 0.6 is 0 Å². The van der Waals surface area contributed by atoms with Crippen molar-refractivity contribution in [1.82, 2.24) is 9.78 Å². The predicted molar refractivity (Wildman–Crippen MR) is 56.4 cm³/mol. The van der Waals surface area contributed by atoms with Gasteiger partial charge in [0.1, 0.15) is 0 Å². The topological polar surface area (TPSA) is 17.8 Å². The summed E-state index contributed by atoms with van der Waals surface area (Å²) in [6, 6.07) is 8.01. The highest BCUT2D eigenvalue weighted by Gasteiger charge is 2.00. The summed E-state index contributed by atoms with van der Waals surface area (Å²) in [5.74, 6) is 0. The van der Waals surface area contributed by atoms with Gasteiger partial charge in [0.15, 0.2) is 0 Å². The Hall–Kier alpha value is -1.83. The summed E-state index contributed by atoms with van der Waals surface area (Å²) < 4.78 is 1.78. The molecule has 0 aliphatic carbocycles. The molecule has 0 fully saturated rings. The van der Waals surface area contributed by atoms with Crippen LogP contribution in [-0.4, -0.2) is 9.78 Å². The van der Waals surface area contributed by atoms with Gasteiger partial charge in [-0.15, -0.1) is 0 Å². The monoisotopic (exact) mass is 171 g/mol. The molecule has 64 valence electrons. The van der Waals surface area contributed by atoms with Crippen molar-refractivity contribution in [1.29, 1.82) is 0 Å². The van der Waals surface area contributed by atoms with E-state index in [1.165, 1.54) is 0 Å². The van der Waals surface area contributed by atoms with E-state index in [0.717, 1.165) is 16.6 Å². The zero-order valence-electron chi connectivity index (χ0n) is 8.27. The highest BCUT2D eigenvalue weighted by molar-refractivity contribution is 5.82. The van der Waals surface area contributed by atoms with Crippen LogP contribution in [-0.2, 0) is 0 Å². The molecule has 1 aromatic heterocycles. The van der Waals surface area contributed by atoms with Gasteiger partial charge in [-0.1, -0.05) is 31.4 Å². The Kier molecular flexibility index (Phi) is 1.74. The van der Waals surface area contributed by atoms with Crippen molar-refractivity contribution in [2.24, 2.45) is 0 Å². The lowest BCUT2D eigenvalue weighted by Crippen LogP contribution is -1.93. The molecule has 0 saturated heterocycles. The molecule has 0 unspecified atom stereocenters. The van der Waals surface area contributed by atoms with Gasteiger partial charge in [0.05, 0.1) is 17.4 Å². The highest BCUT2D eigenvalue weighted by atomic mass is 15.3. The molecule has 0 radical (unpaired) electrons. The minimum atomic E-state index is 0. The van der Waals surface area contributed by atoms with Crippen molar-refractivity contribution >= 4 is 16.6 Å². The summed E-state index contributed by atoms with van der Waals surface area (Å²) in [4.78, 5) is 0. The van der Waals surface area contributed by atoms with Crippen LogP contribution in [0.5, 0.6) is 0 Å². The molecule has 2 nitrogen and oxygen atoms in total. The second kappa shape index (κ2) is 2.90. The second-order valence-electron chi connectivity index (χ2n) is 2.81. The smallest absolute Gasteiger partial charge is 0.234 e. The minimum absolute atomic E-state index is 0. The van der Waals surface area contributed by atoms with Crippen LogP contribution < -0.4 is 0 Å². The van der Waals surface area contributed by atoms with E-state index >= 15 is 0 Å². The van der Waals surface area contributed by atoms with Crippen LogP contribution in [0.2, 0.25) is 0 Å². The number of hydrogen-bond acceptors (Lipinski definition) is 1. The molecule has 0 saturated carbocycles. The fraction of sp³-hybridized carbons (Fsp3) is 0. The number of hydrogen-bond donors (Lipinski definition) is 0. The molecule has 0 spiro atoms. The van der Waals surface area contributed by atoms with Crippen LogP contribution in [0, 0.1) is 0 Å². The van der Waals surface area contributed by atoms with Gasteiger partial charge < -0.3 is 0 Å². The van der Waals surface area contributed by atoms with Gasteiger partial charge in [0, 0.05) is 5.39 Å². The van der Waals surface area contributed by atoms with Crippen molar-refractivity contribution in [2.75, 3.05) is 0 Å². The van der Waals surface area contributed by atoms with E-state index in [0.29, 0.717) is 0 Å². The Morgan fingerprint density at radius 1 is 1.46 bits per heavy atom. The Morgan fingerprint density at radius 3 is 3.00 bits per heavy atom. The molecule has 0 bridgehead atoms. The fourth-order valence-corrected chi connectivity index (χ4v) is 1.29. The predicted octanol–water partition coefficient (Wildman–Crippen LogP) is 2.81. The summed E-state index contributed by atoms with van der Waals surface area (Å²) in [6.45, 7) is 7.51. The second-order valence-corrected chi connectivity index (χ2v) is 2.81. The largest absolute Gasteiger partial charge is 1.00 e. The number of rotatable bonds is 2. The number of aromatic nitrogens is 2. The van der Waals surface area contributed by atoms with Gasteiger partial charge in [-0.25, -0.2) is 4.68 Å². The fourth-order valence-electron chi connectivity index (χ4n) is 1.29. The van der Waals surface area contributed by atoms with Crippen molar-refractivity contribution in [3.8, 4) is 0 Å². The average Bonchev–Trinajstić information content (AvgIpc) is 2.60. The number of fused-ring (bicyclic) bond motifs is 1. The number of benzene rings is 1. The van der Waals surface area contributed by atoms with Crippen molar-refractivity contribution in [3.05, 3.63) is 49.7 Å². The van der Waals surface area contributed by atoms with E-state index in [2.05, 4.69) is 18.3 Å². The zero-order valence-corrected chi connectivity index (χ0v) is 7.27. The first kappa shape index (κ1) is 7.80. The van der Waals surface area contributed by atoms with Crippen molar-refractivity contribution in [2.45, 2.75) is 0 Å². The highest BCUT2D eigenvalue weighted by Crippen LogP contribution is 2.15. The van der Waals surface area contributed by atoms with Crippen LogP contribution in [0.25, 0.3) is 16.6 Å². The quantitative estimate of drug-likeness (QED) is 0.635. The van der Waals surface area contributed by atoms with Gasteiger partial charge in [-0.05, 0) is 12.1 Å². The molecule has 0 N–H and O–H groups in total. The molecule has 0 atom stereocenters. The first-order valence-electron chi connectivity index (χ1n) is 4.07. The van der Waals surface area contributed by atoms with Crippen LogP contribution in [0.4, 0.5) is 0 Å². The van der Waals surface area contributed by atoms with Gasteiger partial charge in [0.25, 0.3) is 0 Å². The third-order valence-corrected chi connectivity index (χ3v) is 1.98. The molecule has 2 aromatic rings. The zero-order chi connectivity index (χ0) is 9.26. The molecule has 0 amide bonds. The van der Waals surface area contributed by atoms with Gasteiger partial charge in [-0.3, -0.25) is 0 Å². The average molecular weight is 171 g/mol. The minimum Gasteiger partial charge on any atom is -0.234 e. The maximum Gasteiger partial charge on any atom is 1.00 e. The van der Waals surface area contributed by atoms with Crippen LogP contribution in [0.1, 0.15) is 1.43 Å². The third-order valence-electron chi connectivity index (χ3n) is 1.98. The van der Waals surface area contributed by atoms with E-state index in [1.807, 2.05) is 30.5 Å². The molecule has 2 rings (SSSR count). The number of allylic oxidation sites excluding steroid dienone is 2. The number of para-hydroxylation sites is 1. The third kappa shape index (κ3) is 1.16. The Balaban J connectivity index is 0.000000980. The van der Waals surface area contributed by atoms with E-state index in [-0.39, 0.29) is 1.43 Å². The SMILES string of the molecule is C=CC(=C)n1ncc2ccccc21.[H+]. The van der Waals surface area contributed by atoms with E-state index in [1.54, 1.807) is 10.8 Å². The maximum absolute atomic E-state index is 4.21. The normalized spacial score (nSPS) is 10.2. The van der Waals surface area contributed by atoms with Crippen molar-refractivity contribution < 1.29 is 1.43 Å². The molecule has 1 heterocycles. The molecule has 1 aromatic carbocycles. The lowest BCUT2D eigenvalue weighted by Gasteiger charge is -2.00. The van der Waals surface area contributed by atoms with E-state index in [9.17, 15) is 0 Å². The lowest BCUT2D eigenvalue weighted by atomic mass is 10.2. The standard InChI is InChI=1S/C11H10N2/c1-3-9(2)13-11-7-5-4-6-10(11)8-12-13/h3-8H,1-2H2/p+1. The first-order valence-corrected chi connectivity index (χ1v) is 4.07. The van der Waals surface area contributed by atoms with Crippen molar-refractivity contribution in [3.63, 3.8) is 0 Å².